The van der Waals surface area contributed by atoms with E-state index in [0.717, 1.165) is 19.3 Å². The maximum Gasteiger partial charge on any atom is 0.322 e. The summed E-state index contributed by atoms with van der Waals surface area (Å²) in [6.45, 7) is 4.16. The van der Waals surface area contributed by atoms with Gasteiger partial charge in [0.05, 0.1) is 11.6 Å². The first-order valence-electron chi connectivity index (χ1n) is 8.81. The summed E-state index contributed by atoms with van der Waals surface area (Å²) in [5.41, 5.74) is 1.07. The average molecular weight is 369 g/mol. The summed E-state index contributed by atoms with van der Waals surface area (Å²) in [6.07, 6.45) is 2.77. The first-order valence-corrected chi connectivity index (χ1v) is 8.81. The fourth-order valence-electron chi connectivity index (χ4n) is 2.42. The maximum atomic E-state index is 12.6. The lowest BCUT2D eigenvalue weighted by atomic mass is 10.2. The number of unbranched alkanes of at least 4 members (excludes halogenated alkanes) is 2. The molecule has 1 heterocycles. The van der Waals surface area contributed by atoms with E-state index in [4.69, 9.17) is 9.78 Å². The molecular weight excluding hydrogens is 346 g/mol. The Balaban J connectivity index is 1.99. The van der Waals surface area contributed by atoms with Crippen LogP contribution >= 0.6 is 0 Å². The number of anilines is 2. The van der Waals surface area contributed by atoms with Gasteiger partial charge in [0.1, 0.15) is 12.3 Å². The number of rotatable bonds is 8. The molecule has 0 bridgehead atoms. The van der Waals surface area contributed by atoms with Gasteiger partial charge in [-0.2, -0.15) is 5.26 Å². The van der Waals surface area contributed by atoms with E-state index in [9.17, 15) is 9.59 Å². The average Bonchev–Trinajstić information content (AvgIpc) is 3.06. The summed E-state index contributed by atoms with van der Waals surface area (Å²) < 4.78 is 4.91. The second-order valence-corrected chi connectivity index (χ2v) is 6.12. The van der Waals surface area contributed by atoms with Crippen LogP contribution in [-0.4, -0.2) is 35.1 Å². The van der Waals surface area contributed by atoms with Crippen molar-refractivity contribution in [1.82, 2.24) is 10.1 Å². The molecule has 3 amide bonds. The molecule has 0 aliphatic rings. The summed E-state index contributed by atoms with van der Waals surface area (Å²) in [4.78, 5) is 26.3. The summed E-state index contributed by atoms with van der Waals surface area (Å²) in [6, 6.07) is 9.81. The zero-order chi connectivity index (χ0) is 19.6. The lowest BCUT2D eigenvalue weighted by molar-refractivity contribution is -0.116. The number of urea groups is 1. The van der Waals surface area contributed by atoms with Gasteiger partial charge < -0.3 is 20.1 Å². The number of nitriles is 1. The Morgan fingerprint density at radius 2 is 1.96 bits per heavy atom. The lowest BCUT2D eigenvalue weighted by Crippen LogP contribution is -2.41. The van der Waals surface area contributed by atoms with Crippen LogP contribution in [0.3, 0.4) is 0 Å². The van der Waals surface area contributed by atoms with Gasteiger partial charge in [-0.15, -0.1) is 0 Å². The molecule has 0 saturated heterocycles. The molecule has 2 N–H and O–H groups in total. The van der Waals surface area contributed by atoms with E-state index < -0.39 is 0 Å². The van der Waals surface area contributed by atoms with Gasteiger partial charge in [0.2, 0.25) is 5.91 Å². The molecular formula is C19H23N5O3. The number of carbonyl (C=O) groups is 2. The van der Waals surface area contributed by atoms with Gasteiger partial charge in [-0.05, 0) is 37.6 Å². The zero-order valence-electron chi connectivity index (χ0n) is 15.5. The van der Waals surface area contributed by atoms with E-state index >= 15 is 0 Å². The number of nitrogens with zero attached hydrogens (tertiary/aromatic N) is 3. The Kier molecular flexibility index (Phi) is 7.37. The van der Waals surface area contributed by atoms with Crippen LogP contribution in [0.25, 0.3) is 0 Å². The van der Waals surface area contributed by atoms with Crippen LogP contribution in [0.1, 0.15) is 37.5 Å². The SMILES string of the molecule is CCCCCN(CC(=O)Nc1cc(C)on1)C(=O)Nc1ccc(C#N)cc1. The van der Waals surface area contributed by atoms with Crippen molar-refractivity contribution < 1.29 is 14.1 Å². The van der Waals surface area contributed by atoms with E-state index in [-0.39, 0.29) is 18.5 Å². The molecule has 8 heteroatoms. The van der Waals surface area contributed by atoms with Gasteiger partial charge in [0.15, 0.2) is 5.82 Å². The highest BCUT2D eigenvalue weighted by atomic mass is 16.5. The molecule has 0 spiro atoms. The normalized spacial score (nSPS) is 10.1. The molecule has 0 unspecified atom stereocenters. The Bertz CT molecular complexity index is 807. The smallest absolute Gasteiger partial charge is 0.322 e. The second-order valence-electron chi connectivity index (χ2n) is 6.12. The number of benzene rings is 1. The highest BCUT2D eigenvalue weighted by Gasteiger charge is 2.18. The third-order valence-electron chi connectivity index (χ3n) is 3.81. The third-order valence-corrected chi connectivity index (χ3v) is 3.81. The van der Waals surface area contributed by atoms with Gasteiger partial charge in [-0.25, -0.2) is 4.79 Å². The highest BCUT2D eigenvalue weighted by molar-refractivity contribution is 5.96. The predicted octanol–water partition coefficient (Wildman–Crippen LogP) is 3.52. The standard InChI is InChI=1S/C19H23N5O3/c1-3-4-5-10-24(13-18(25)22-17-11-14(2)27-23-17)19(26)21-16-8-6-15(12-20)7-9-16/h6-9,11H,3-5,10,13H2,1-2H3,(H,21,26)(H,22,23,25). The van der Waals surface area contributed by atoms with E-state index in [1.54, 1.807) is 37.3 Å². The number of nitrogens with one attached hydrogen (secondary N) is 2. The van der Waals surface area contributed by atoms with Crippen molar-refractivity contribution in [1.29, 1.82) is 5.26 Å². The van der Waals surface area contributed by atoms with Crippen molar-refractivity contribution in [2.45, 2.75) is 33.1 Å². The molecule has 2 aromatic rings. The van der Waals surface area contributed by atoms with Crippen LogP contribution in [0.4, 0.5) is 16.3 Å². The number of aromatic nitrogens is 1. The van der Waals surface area contributed by atoms with Crippen molar-refractivity contribution in [3.05, 3.63) is 41.7 Å². The highest BCUT2D eigenvalue weighted by Crippen LogP contribution is 2.11. The molecule has 0 radical (unpaired) electrons. The van der Waals surface area contributed by atoms with Gasteiger partial charge >= 0.3 is 6.03 Å². The minimum Gasteiger partial charge on any atom is -0.360 e. The molecule has 0 saturated carbocycles. The largest absolute Gasteiger partial charge is 0.360 e. The molecule has 142 valence electrons. The van der Waals surface area contributed by atoms with Crippen molar-refractivity contribution in [3.63, 3.8) is 0 Å². The van der Waals surface area contributed by atoms with Crippen molar-refractivity contribution in [3.8, 4) is 6.07 Å². The Morgan fingerprint density at radius 3 is 2.56 bits per heavy atom. The number of hydrogen-bond donors (Lipinski definition) is 2. The van der Waals surface area contributed by atoms with Gasteiger partial charge in [0, 0.05) is 18.3 Å². The van der Waals surface area contributed by atoms with E-state index in [2.05, 4.69) is 22.7 Å². The Hall–Kier alpha value is -3.34. The van der Waals surface area contributed by atoms with Crippen LogP contribution in [-0.2, 0) is 4.79 Å². The quantitative estimate of drug-likeness (QED) is 0.692. The molecule has 0 aliphatic carbocycles. The van der Waals surface area contributed by atoms with Crippen LogP contribution in [0.2, 0.25) is 0 Å². The molecule has 2 rings (SSSR count). The maximum absolute atomic E-state index is 12.6. The van der Waals surface area contributed by atoms with E-state index in [1.807, 2.05) is 6.07 Å². The lowest BCUT2D eigenvalue weighted by Gasteiger charge is -2.22. The first-order chi connectivity index (χ1) is 13.0. The molecule has 1 aromatic carbocycles. The summed E-state index contributed by atoms with van der Waals surface area (Å²) in [5.74, 6) is 0.553. The van der Waals surface area contributed by atoms with Crippen molar-refractivity contribution in [2.75, 3.05) is 23.7 Å². The van der Waals surface area contributed by atoms with Gasteiger partial charge in [-0.3, -0.25) is 4.79 Å². The third kappa shape index (κ3) is 6.47. The minimum atomic E-state index is -0.373. The summed E-state index contributed by atoms with van der Waals surface area (Å²) >= 11 is 0. The topological polar surface area (TPSA) is 111 Å². The fraction of sp³-hybridized carbons (Fsp3) is 0.368. The van der Waals surface area contributed by atoms with Crippen LogP contribution < -0.4 is 10.6 Å². The Labute approximate surface area is 158 Å². The summed E-state index contributed by atoms with van der Waals surface area (Å²) in [7, 11) is 0. The number of carbonyl (C=O) groups excluding carboxylic acids is 2. The molecule has 0 atom stereocenters. The number of hydrogen-bond acceptors (Lipinski definition) is 5. The van der Waals surface area contributed by atoms with Crippen molar-refractivity contribution in [2.24, 2.45) is 0 Å². The first kappa shape index (κ1) is 20.0. The molecule has 0 fully saturated rings. The molecule has 27 heavy (non-hydrogen) atoms. The zero-order valence-corrected chi connectivity index (χ0v) is 15.5. The van der Waals surface area contributed by atoms with Gasteiger partial charge in [0.25, 0.3) is 0 Å². The van der Waals surface area contributed by atoms with Crippen LogP contribution in [0, 0.1) is 18.3 Å². The van der Waals surface area contributed by atoms with Crippen molar-refractivity contribution >= 4 is 23.4 Å². The minimum absolute atomic E-state index is 0.0995. The van der Waals surface area contributed by atoms with Gasteiger partial charge in [-0.1, -0.05) is 24.9 Å². The molecule has 0 aliphatic heterocycles. The Morgan fingerprint density at radius 1 is 1.22 bits per heavy atom. The number of aryl methyl sites for hydroxylation is 1. The van der Waals surface area contributed by atoms with Crippen LogP contribution in [0.5, 0.6) is 0 Å². The van der Waals surface area contributed by atoms with Crippen LogP contribution in [0.15, 0.2) is 34.9 Å². The number of amides is 3. The fourth-order valence-corrected chi connectivity index (χ4v) is 2.42. The monoisotopic (exact) mass is 369 g/mol. The van der Waals surface area contributed by atoms with E-state index in [0.29, 0.717) is 29.4 Å². The summed E-state index contributed by atoms with van der Waals surface area (Å²) in [5, 5.41) is 17.9. The van der Waals surface area contributed by atoms with E-state index in [1.165, 1.54) is 4.90 Å². The predicted molar refractivity (Wildman–Crippen MR) is 101 cm³/mol. The molecule has 1 aromatic heterocycles. The molecule has 8 nitrogen and oxygen atoms in total. The second kappa shape index (κ2) is 9.97.